The molecule has 3 aromatic heterocycles. The number of piperazine rings is 1. The fraction of sp³-hybridized carbons (Fsp3) is 0.478. The first kappa shape index (κ1) is 22.0. The molecule has 0 atom stereocenters. The Labute approximate surface area is 196 Å². The van der Waals surface area contributed by atoms with Crippen molar-refractivity contribution in [1.29, 1.82) is 0 Å². The van der Waals surface area contributed by atoms with Crippen molar-refractivity contribution in [2.75, 3.05) is 59.0 Å². The molecule has 2 aliphatic rings. The van der Waals surface area contributed by atoms with Crippen LogP contribution in [0.4, 0.5) is 0 Å². The van der Waals surface area contributed by atoms with Gasteiger partial charge >= 0.3 is 0 Å². The number of hydrogen-bond donors (Lipinski definition) is 0. The van der Waals surface area contributed by atoms with Gasteiger partial charge in [0.1, 0.15) is 0 Å². The first-order valence-corrected chi connectivity index (χ1v) is 12.3. The van der Waals surface area contributed by atoms with Crippen LogP contribution in [0.2, 0.25) is 0 Å². The molecular weight excluding hydrogens is 440 g/mol. The SMILES string of the molecule is CCn1ncc2c(C(=O)N3CCN(C(=O)CN4CCOCC4)CC3)cc(-c3cccs3)nc21. The van der Waals surface area contributed by atoms with Gasteiger partial charge in [0.05, 0.1) is 47.5 Å². The number of hydrogen-bond acceptors (Lipinski definition) is 7. The Hall–Kier alpha value is -2.82. The second kappa shape index (κ2) is 9.58. The van der Waals surface area contributed by atoms with Gasteiger partial charge in [-0.2, -0.15) is 5.10 Å². The average Bonchev–Trinajstić information content (AvgIpc) is 3.54. The number of pyridine rings is 1. The van der Waals surface area contributed by atoms with Crippen LogP contribution in [0.1, 0.15) is 17.3 Å². The normalized spacial score (nSPS) is 17.6. The Morgan fingerprint density at radius 3 is 2.55 bits per heavy atom. The minimum atomic E-state index is -0.0314. The Kier molecular flexibility index (Phi) is 6.39. The maximum atomic E-state index is 13.6. The van der Waals surface area contributed by atoms with Gasteiger partial charge in [-0.1, -0.05) is 6.07 Å². The monoisotopic (exact) mass is 468 g/mol. The minimum absolute atomic E-state index is 0.0314. The molecular formula is C23H28N6O3S. The molecule has 0 saturated carbocycles. The van der Waals surface area contributed by atoms with E-state index in [2.05, 4.69) is 10.00 Å². The van der Waals surface area contributed by atoms with Crippen LogP contribution in [0.5, 0.6) is 0 Å². The molecule has 0 unspecified atom stereocenters. The third-order valence-electron chi connectivity index (χ3n) is 6.29. The second-order valence-corrected chi connectivity index (χ2v) is 9.24. The van der Waals surface area contributed by atoms with E-state index in [1.54, 1.807) is 17.5 Å². The van der Waals surface area contributed by atoms with E-state index in [0.29, 0.717) is 58.0 Å². The summed E-state index contributed by atoms with van der Waals surface area (Å²) in [4.78, 5) is 38.0. The van der Waals surface area contributed by atoms with Gasteiger partial charge in [-0.3, -0.25) is 14.5 Å². The van der Waals surface area contributed by atoms with Crippen LogP contribution in [0.15, 0.2) is 29.8 Å². The molecule has 0 aliphatic carbocycles. The van der Waals surface area contributed by atoms with Gasteiger partial charge in [-0.15, -0.1) is 11.3 Å². The first-order chi connectivity index (χ1) is 16.1. The number of rotatable bonds is 5. The average molecular weight is 469 g/mol. The number of carbonyl (C=O) groups is 2. The van der Waals surface area contributed by atoms with Gasteiger partial charge in [-0.25, -0.2) is 9.67 Å². The maximum Gasteiger partial charge on any atom is 0.254 e. The largest absolute Gasteiger partial charge is 0.379 e. The van der Waals surface area contributed by atoms with E-state index in [-0.39, 0.29) is 11.8 Å². The third-order valence-corrected chi connectivity index (χ3v) is 7.19. The summed E-state index contributed by atoms with van der Waals surface area (Å²) < 4.78 is 7.18. The quantitative estimate of drug-likeness (QED) is 0.568. The molecule has 174 valence electrons. The van der Waals surface area contributed by atoms with Crippen molar-refractivity contribution in [1.82, 2.24) is 29.5 Å². The molecule has 2 amide bonds. The van der Waals surface area contributed by atoms with Gasteiger partial charge in [0.2, 0.25) is 5.91 Å². The van der Waals surface area contributed by atoms with Crippen LogP contribution in [-0.2, 0) is 16.1 Å². The summed E-state index contributed by atoms with van der Waals surface area (Å²) >= 11 is 1.60. The van der Waals surface area contributed by atoms with Crippen LogP contribution in [0.3, 0.4) is 0 Å². The van der Waals surface area contributed by atoms with Gasteiger partial charge in [0.15, 0.2) is 5.65 Å². The van der Waals surface area contributed by atoms with Crippen LogP contribution < -0.4 is 0 Å². The molecule has 0 bridgehead atoms. The summed E-state index contributed by atoms with van der Waals surface area (Å²) in [5.41, 5.74) is 2.14. The van der Waals surface area contributed by atoms with Crippen LogP contribution >= 0.6 is 11.3 Å². The predicted molar refractivity (Wildman–Crippen MR) is 126 cm³/mol. The number of ether oxygens (including phenoxy) is 1. The highest BCUT2D eigenvalue weighted by atomic mass is 32.1. The maximum absolute atomic E-state index is 13.6. The van der Waals surface area contributed by atoms with Crippen molar-refractivity contribution >= 4 is 34.2 Å². The predicted octanol–water partition coefficient (Wildman–Crippen LogP) is 1.80. The molecule has 5 heterocycles. The molecule has 0 radical (unpaired) electrons. The molecule has 33 heavy (non-hydrogen) atoms. The van der Waals surface area contributed by atoms with E-state index in [4.69, 9.17) is 9.72 Å². The van der Waals surface area contributed by atoms with Crippen molar-refractivity contribution in [2.45, 2.75) is 13.5 Å². The second-order valence-electron chi connectivity index (χ2n) is 8.29. The zero-order chi connectivity index (χ0) is 22.8. The van der Waals surface area contributed by atoms with Crippen molar-refractivity contribution in [3.63, 3.8) is 0 Å². The Morgan fingerprint density at radius 1 is 1.09 bits per heavy atom. The summed E-state index contributed by atoms with van der Waals surface area (Å²) in [5.74, 6) is 0.0932. The molecule has 10 heteroatoms. The van der Waals surface area contributed by atoms with Gasteiger partial charge < -0.3 is 14.5 Å². The zero-order valence-corrected chi connectivity index (χ0v) is 19.6. The topological polar surface area (TPSA) is 83.8 Å². The molecule has 0 spiro atoms. The fourth-order valence-electron chi connectivity index (χ4n) is 4.39. The van der Waals surface area contributed by atoms with Gasteiger partial charge in [0, 0.05) is 45.8 Å². The lowest BCUT2D eigenvalue weighted by Gasteiger charge is -2.36. The summed E-state index contributed by atoms with van der Waals surface area (Å²) in [6, 6.07) is 5.88. The highest BCUT2D eigenvalue weighted by Gasteiger charge is 2.28. The van der Waals surface area contributed by atoms with Crippen molar-refractivity contribution in [3.8, 4) is 10.6 Å². The number of thiophene rings is 1. The Balaban J connectivity index is 1.32. The Morgan fingerprint density at radius 2 is 1.85 bits per heavy atom. The van der Waals surface area contributed by atoms with Crippen LogP contribution in [-0.4, -0.2) is 100 Å². The van der Waals surface area contributed by atoms with E-state index in [1.165, 1.54) is 0 Å². The number of aromatic nitrogens is 3. The number of morpholine rings is 1. The molecule has 0 aromatic carbocycles. The van der Waals surface area contributed by atoms with Crippen LogP contribution in [0.25, 0.3) is 21.6 Å². The number of amides is 2. The molecule has 2 fully saturated rings. The lowest BCUT2D eigenvalue weighted by molar-refractivity contribution is -0.134. The first-order valence-electron chi connectivity index (χ1n) is 11.4. The van der Waals surface area contributed by atoms with Gasteiger partial charge in [0.25, 0.3) is 5.91 Å². The van der Waals surface area contributed by atoms with E-state index in [0.717, 1.165) is 34.7 Å². The van der Waals surface area contributed by atoms with E-state index < -0.39 is 0 Å². The molecule has 2 saturated heterocycles. The summed E-state index contributed by atoms with van der Waals surface area (Å²) in [6.45, 7) is 8.20. The highest BCUT2D eigenvalue weighted by molar-refractivity contribution is 7.13. The van der Waals surface area contributed by atoms with E-state index >= 15 is 0 Å². The molecule has 9 nitrogen and oxygen atoms in total. The van der Waals surface area contributed by atoms with E-state index in [1.807, 2.05) is 45.0 Å². The smallest absolute Gasteiger partial charge is 0.254 e. The number of carbonyl (C=O) groups excluding carboxylic acids is 2. The number of fused-ring (bicyclic) bond motifs is 1. The van der Waals surface area contributed by atoms with Gasteiger partial charge in [-0.05, 0) is 24.4 Å². The molecule has 5 rings (SSSR count). The lowest BCUT2D eigenvalue weighted by atomic mass is 10.1. The fourth-order valence-corrected chi connectivity index (χ4v) is 5.07. The number of nitrogens with zero attached hydrogens (tertiary/aromatic N) is 6. The zero-order valence-electron chi connectivity index (χ0n) is 18.8. The summed E-state index contributed by atoms with van der Waals surface area (Å²) in [7, 11) is 0. The van der Waals surface area contributed by atoms with Crippen LogP contribution in [0, 0.1) is 0 Å². The minimum Gasteiger partial charge on any atom is -0.379 e. The van der Waals surface area contributed by atoms with E-state index in [9.17, 15) is 9.59 Å². The Bertz CT molecular complexity index is 1130. The van der Waals surface area contributed by atoms with Crippen molar-refractivity contribution < 1.29 is 14.3 Å². The number of aryl methyl sites for hydroxylation is 1. The highest BCUT2D eigenvalue weighted by Crippen LogP contribution is 2.29. The summed E-state index contributed by atoms with van der Waals surface area (Å²) in [5, 5.41) is 7.21. The van der Waals surface area contributed by atoms with Crippen molar-refractivity contribution in [3.05, 3.63) is 35.3 Å². The third kappa shape index (κ3) is 4.50. The lowest BCUT2D eigenvalue weighted by Crippen LogP contribution is -2.53. The molecule has 0 N–H and O–H groups in total. The molecule has 2 aliphatic heterocycles. The summed E-state index contributed by atoms with van der Waals surface area (Å²) in [6.07, 6.45) is 1.74. The standard InChI is InChI=1S/C23H28N6O3S/c1-2-29-22-18(15-24-29)17(14-19(25-22)20-4-3-13-33-20)23(31)28-7-5-27(6-8-28)21(30)16-26-9-11-32-12-10-26/h3-4,13-15H,2,5-12,16H2,1H3. The van der Waals surface area contributed by atoms with Crippen molar-refractivity contribution in [2.24, 2.45) is 0 Å². The molecule has 3 aromatic rings.